The Bertz CT molecular complexity index is 448. The topological polar surface area (TPSA) is 70.2 Å². The highest BCUT2D eigenvalue weighted by Gasteiger charge is 2.49. The number of rotatable bonds is 6. The highest BCUT2D eigenvalue weighted by atomic mass is 16.2. The number of nitrogens with one attached hydrogen (secondary N) is 3. The van der Waals surface area contributed by atoms with Gasteiger partial charge in [-0.2, -0.15) is 0 Å². The molecule has 3 fully saturated rings. The first-order chi connectivity index (χ1) is 11.7. The SMILES string of the molecule is O=C(CC1CCCCC1)NCCNC(=O)[C@@]12CCCC[C@H]1CNC2. The van der Waals surface area contributed by atoms with Crippen molar-refractivity contribution in [2.45, 2.75) is 64.2 Å². The van der Waals surface area contributed by atoms with Crippen molar-refractivity contribution in [2.75, 3.05) is 26.2 Å². The van der Waals surface area contributed by atoms with Gasteiger partial charge in [-0.05, 0) is 44.1 Å². The van der Waals surface area contributed by atoms with Crippen LogP contribution >= 0.6 is 0 Å². The molecular formula is C19H33N3O2. The summed E-state index contributed by atoms with van der Waals surface area (Å²) in [7, 11) is 0. The van der Waals surface area contributed by atoms with E-state index in [0.29, 0.717) is 31.3 Å². The number of carbonyl (C=O) groups excluding carboxylic acids is 2. The summed E-state index contributed by atoms with van der Waals surface area (Å²) in [6, 6.07) is 0. The molecule has 1 aliphatic heterocycles. The molecule has 2 atom stereocenters. The third-order valence-electron chi connectivity index (χ3n) is 6.42. The van der Waals surface area contributed by atoms with Crippen molar-refractivity contribution in [3.05, 3.63) is 0 Å². The number of hydrogen-bond acceptors (Lipinski definition) is 3. The lowest BCUT2D eigenvalue weighted by molar-refractivity contribution is -0.134. The van der Waals surface area contributed by atoms with Crippen molar-refractivity contribution in [1.29, 1.82) is 0 Å². The highest BCUT2D eigenvalue weighted by Crippen LogP contribution is 2.43. The van der Waals surface area contributed by atoms with E-state index in [1.54, 1.807) is 0 Å². The molecule has 2 amide bonds. The van der Waals surface area contributed by atoms with Gasteiger partial charge in [0.15, 0.2) is 0 Å². The van der Waals surface area contributed by atoms with Gasteiger partial charge < -0.3 is 16.0 Å². The fourth-order valence-corrected chi connectivity index (χ4v) is 4.97. The van der Waals surface area contributed by atoms with Crippen LogP contribution in [0.5, 0.6) is 0 Å². The van der Waals surface area contributed by atoms with Gasteiger partial charge in [0, 0.05) is 26.1 Å². The summed E-state index contributed by atoms with van der Waals surface area (Å²) in [5, 5.41) is 9.47. The summed E-state index contributed by atoms with van der Waals surface area (Å²) in [5.74, 6) is 1.40. The Labute approximate surface area is 145 Å². The summed E-state index contributed by atoms with van der Waals surface area (Å²) < 4.78 is 0. The van der Waals surface area contributed by atoms with Crippen molar-refractivity contribution in [2.24, 2.45) is 17.3 Å². The number of fused-ring (bicyclic) bond motifs is 1. The fraction of sp³-hybridized carbons (Fsp3) is 0.895. The van der Waals surface area contributed by atoms with Crippen molar-refractivity contribution in [3.8, 4) is 0 Å². The van der Waals surface area contributed by atoms with Crippen LogP contribution in [0.2, 0.25) is 0 Å². The molecule has 3 aliphatic rings. The molecular weight excluding hydrogens is 302 g/mol. The smallest absolute Gasteiger partial charge is 0.227 e. The average molecular weight is 335 g/mol. The Morgan fingerprint density at radius 3 is 2.54 bits per heavy atom. The van der Waals surface area contributed by atoms with Gasteiger partial charge in [0.25, 0.3) is 0 Å². The Hall–Kier alpha value is -1.10. The average Bonchev–Trinajstić information content (AvgIpc) is 3.04. The molecule has 3 N–H and O–H groups in total. The third-order valence-corrected chi connectivity index (χ3v) is 6.42. The Balaban J connectivity index is 1.35. The van der Waals surface area contributed by atoms with Crippen LogP contribution in [0.4, 0.5) is 0 Å². The van der Waals surface area contributed by atoms with Crippen LogP contribution in [0.15, 0.2) is 0 Å². The van der Waals surface area contributed by atoms with Gasteiger partial charge in [-0.3, -0.25) is 9.59 Å². The Morgan fingerprint density at radius 1 is 0.958 bits per heavy atom. The number of carbonyl (C=O) groups is 2. The minimum atomic E-state index is -0.190. The third kappa shape index (κ3) is 4.11. The molecule has 0 aromatic heterocycles. The number of amides is 2. The summed E-state index contributed by atoms with van der Waals surface area (Å²) in [5.41, 5.74) is -0.190. The van der Waals surface area contributed by atoms with E-state index in [4.69, 9.17) is 0 Å². The van der Waals surface area contributed by atoms with Gasteiger partial charge in [0.2, 0.25) is 11.8 Å². The minimum Gasteiger partial charge on any atom is -0.354 e. The van der Waals surface area contributed by atoms with Gasteiger partial charge in [0.05, 0.1) is 5.41 Å². The molecule has 24 heavy (non-hydrogen) atoms. The predicted octanol–water partition coefficient (Wildman–Crippen LogP) is 1.97. The first kappa shape index (κ1) is 17.7. The molecule has 3 rings (SSSR count). The molecule has 2 saturated carbocycles. The number of hydrogen-bond donors (Lipinski definition) is 3. The first-order valence-corrected chi connectivity index (χ1v) is 9.96. The van der Waals surface area contributed by atoms with E-state index in [9.17, 15) is 9.59 Å². The molecule has 0 unspecified atom stereocenters. The molecule has 0 radical (unpaired) electrons. The summed E-state index contributed by atoms with van der Waals surface area (Å²) >= 11 is 0. The molecule has 0 bridgehead atoms. The lowest BCUT2D eigenvalue weighted by atomic mass is 9.67. The highest BCUT2D eigenvalue weighted by molar-refractivity contribution is 5.84. The van der Waals surface area contributed by atoms with E-state index in [1.807, 2.05) is 0 Å². The Kier molecular flexibility index (Phi) is 6.14. The van der Waals surface area contributed by atoms with Gasteiger partial charge in [-0.1, -0.05) is 32.1 Å². The summed E-state index contributed by atoms with van der Waals surface area (Å²) in [6.45, 7) is 2.89. The molecule has 1 heterocycles. The standard InChI is InChI=1S/C19H33N3O2/c23-17(12-15-6-2-1-3-7-15)21-10-11-22-18(24)19-9-5-4-8-16(19)13-20-14-19/h15-16,20H,1-14H2,(H,21,23)(H,22,24)/t16-,19+/m0/s1. The molecule has 0 spiro atoms. The maximum Gasteiger partial charge on any atom is 0.227 e. The largest absolute Gasteiger partial charge is 0.354 e. The molecule has 5 nitrogen and oxygen atoms in total. The second-order valence-electron chi connectivity index (χ2n) is 8.04. The van der Waals surface area contributed by atoms with E-state index in [-0.39, 0.29) is 17.2 Å². The molecule has 1 saturated heterocycles. The Morgan fingerprint density at radius 2 is 1.71 bits per heavy atom. The van der Waals surface area contributed by atoms with E-state index < -0.39 is 0 Å². The first-order valence-electron chi connectivity index (χ1n) is 9.96. The normalized spacial score (nSPS) is 30.6. The van der Waals surface area contributed by atoms with Crippen LogP contribution in [0, 0.1) is 17.3 Å². The van der Waals surface area contributed by atoms with Crippen molar-refractivity contribution >= 4 is 11.8 Å². The van der Waals surface area contributed by atoms with E-state index in [1.165, 1.54) is 44.9 Å². The fourth-order valence-electron chi connectivity index (χ4n) is 4.97. The van der Waals surface area contributed by atoms with E-state index in [2.05, 4.69) is 16.0 Å². The zero-order chi connectivity index (χ0) is 16.8. The predicted molar refractivity (Wildman–Crippen MR) is 94.5 cm³/mol. The zero-order valence-electron chi connectivity index (χ0n) is 14.9. The van der Waals surface area contributed by atoms with Crippen LogP contribution < -0.4 is 16.0 Å². The minimum absolute atomic E-state index is 0.146. The summed E-state index contributed by atoms with van der Waals surface area (Å²) in [6.07, 6.45) is 11.5. The molecule has 0 aromatic rings. The zero-order valence-corrected chi connectivity index (χ0v) is 14.9. The van der Waals surface area contributed by atoms with Crippen LogP contribution in [0.1, 0.15) is 64.2 Å². The maximum atomic E-state index is 12.7. The van der Waals surface area contributed by atoms with Crippen LogP contribution in [0.25, 0.3) is 0 Å². The van der Waals surface area contributed by atoms with E-state index >= 15 is 0 Å². The molecule has 136 valence electrons. The second-order valence-corrected chi connectivity index (χ2v) is 8.04. The summed E-state index contributed by atoms with van der Waals surface area (Å²) in [4.78, 5) is 24.7. The monoisotopic (exact) mass is 335 g/mol. The quantitative estimate of drug-likeness (QED) is 0.650. The van der Waals surface area contributed by atoms with Crippen LogP contribution in [-0.2, 0) is 9.59 Å². The molecule has 0 aromatic carbocycles. The van der Waals surface area contributed by atoms with Crippen molar-refractivity contribution in [1.82, 2.24) is 16.0 Å². The van der Waals surface area contributed by atoms with Crippen molar-refractivity contribution in [3.63, 3.8) is 0 Å². The van der Waals surface area contributed by atoms with Gasteiger partial charge >= 0.3 is 0 Å². The van der Waals surface area contributed by atoms with Crippen LogP contribution in [0.3, 0.4) is 0 Å². The van der Waals surface area contributed by atoms with Gasteiger partial charge in [-0.15, -0.1) is 0 Å². The van der Waals surface area contributed by atoms with E-state index in [0.717, 1.165) is 25.9 Å². The van der Waals surface area contributed by atoms with Gasteiger partial charge in [-0.25, -0.2) is 0 Å². The second kappa shape index (κ2) is 8.32. The lowest BCUT2D eigenvalue weighted by Crippen LogP contribution is -2.49. The van der Waals surface area contributed by atoms with Gasteiger partial charge in [0.1, 0.15) is 0 Å². The molecule has 2 aliphatic carbocycles. The van der Waals surface area contributed by atoms with Crippen molar-refractivity contribution < 1.29 is 9.59 Å². The maximum absolute atomic E-state index is 12.7. The molecule has 5 heteroatoms. The van der Waals surface area contributed by atoms with Crippen LogP contribution in [-0.4, -0.2) is 38.0 Å². The lowest BCUT2D eigenvalue weighted by Gasteiger charge is -2.37.